The number of carbonyl (C=O) groups is 2. The van der Waals surface area contributed by atoms with Gasteiger partial charge in [-0.2, -0.15) is 0 Å². The lowest BCUT2D eigenvalue weighted by atomic mass is 9.81. The third kappa shape index (κ3) is 4.79. The minimum atomic E-state index is -3.47. The Balaban J connectivity index is 1.93. The number of carbonyl (C=O) groups excluding carboxylic acids is 1. The maximum atomic E-state index is 12.2. The quantitative estimate of drug-likeness (QED) is 0.791. The van der Waals surface area contributed by atoms with Crippen LogP contribution in [-0.2, 0) is 26.2 Å². The molecule has 1 aliphatic rings. The molecule has 2 unspecified atom stereocenters. The van der Waals surface area contributed by atoms with Gasteiger partial charge in [-0.1, -0.05) is 18.6 Å². The molecule has 2 N–H and O–H groups in total. The van der Waals surface area contributed by atoms with E-state index in [0.717, 1.165) is 16.3 Å². The summed E-state index contributed by atoms with van der Waals surface area (Å²) in [5, 5.41) is 11.9. The van der Waals surface area contributed by atoms with Gasteiger partial charge in [0, 0.05) is 26.6 Å². The molecule has 25 heavy (non-hydrogen) atoms. The summed E-state index contributed by atoms with van der Waals surface area (Å²) in [4.78, 5) is 23.5. The summed E-state index contributed by atoms with van der Waals surface area (Å²) < 4.78 is 25.2. The summed E-state index contributed by atoms with van der Waals surface area (Å²) in [6.07, 6.45) is 2.45. The predicted molar refractivity (Wildman–Crippen MR) is 92.2 cm³/mol. The topological polar surface area (TPSA) is 104 Å². The summed E-state index contributed by atoms with van der Waals surface area (Å²) in [6, 6.07) is 6.35. The van der Waals surface area contributed by atoms with Gasteiger partial charge in [-0.25, -0.2) is 12.7 Å². The van der Waals surface area contributed by atoms with Crippen molar-refractivity contribution in [3.8, 4) is 0 Å². The summed E-state index contributed by atoms with van der Waals surface area (Å²) in [7, 11) is -0.525. The normalized spacial score (nSPS) is 21.1. The molecule has 1 aliphatic carbocycles. The number of carboxylic acids is 1. The lowest BCUT2D eigenvalue weighted by molar-refractivity contribution is -0.144. The zero-order chi connectivity index (χ0) is 18.6. The van der Waals surface area contributed by atoms with Gasteiger partial charge in [0.2, 0.25) is 15.9 Å². The van der Waals surface area contributed by atoms with Crippen molar-refractivity contribution < 1.29 is 23.1 Å². The molecule has 0 radical (unpaired) electrons. The van der Waals surface area contributed by atoms with Gasteiger partial charge < -0.3 is 10.4 Å². The molecule has 138 valence electrons. The number of hydrogen-bond acceptors (Lipinski definition) is 4. The van der Waals surface area contributed by atoms with Crippen molar-refractivity contribution in [2.24, 2.45) is 11.8 Å². The number of benzene rings is 1. The number of carboxylic acid groups (broad SMARTS) is 1. The molecule has 8 heteroatoms. The third-order valence-electron chi connectivity index (χ3n) is 4.56. The van der Waals surface area contributed by atoms with Crippen molar-refractivity contribution >= 4 is 21.9 Å². The number of amides is 1. The molecule has 2 rings (SSSR count). The second kappa shape index (κ2) is 7.97. The van der Waals surface area contributed by atoms with E-state index in [4.69, 9.17) is 5.11 Å². The highest BCUT2D eigenvalue weighted by Crippen LogP contribution is 2.29. The molecule has 0 spiro atoms. The van der Waals surface area contributed by atoms with Gasteiger partial charge in [-0.05, 0) is 37.0 Å². The van der Waals surface area contributed by atoms with Crippen LogP contribution in [0.2, 0.25) is 0 Å². The number of nitrogens with zero attached hydrogens (tertiary/aromatic N) is 1. The first-order chi connectivity index (χ1) is 11.7. The minimum Gasteiger partial charge on any atom is -0.481 e. The van der Waals surface area contributed by atoms with Crippen LogP contribution in [0.1, 0.15) is 31.2 Å². The molecule has 0 heterocycles. The summed E-state index contributed by atoms with van der Waals surface area (Å²) in [6.45, 7) is 0.287. The molecule has 1 aromatic rings. The average molecular weight is 368 g/mol. The Labute approximate surface area is 148 Å². The second-order valence-corrected chi connectivity index (χ2v) is 8.70. The second-order valence-electron chi connectivity index (χ2n) is 6.55. The number of nitrogens with one attached hydrogen (secondary N) is 1. The van der Waals surface area contributed by atoms with Crippen LogP contribution in [0.4, 0.5) is 0 Å². The van der Waals surface area contributed by atoms with Crippen LogP contribution in [0.15, 0.2) is 29.2 Å². The van der Waals surface area contributed by atoms with Crippen molar-refractivity contribution in [2.45, 2.75) is 37.1 Å². The van der Waals surface area contributed by atoms with E-state index in [-0.39, 0.29) is 23.3 Å². The highest BCUT2D eigenvalue weighted by atomic mass is 32.2. The van der Waals surface area contributed by atoms with E-state index < -0.39 is 21.9 Å². The predicted octanol–water partition coefficient (Wildman–Crippen LogP) is 1.44. The fourth-order valence-corrected chi connectivity index (χ4v) is 3.88. The molecule has 0 saturated heterocycles. The Bertz CT molecular complexity index is 728. The Morgan fingerprint density at radius 3 is 2.32 bits per heavy atom. The fourth-order valence-electron chi connectivity index (χ4n) is 2.98. The Kier molecular flexibility index (Phi) is 6.18. The van der Waals surface area contributed by atoms with Gasteiger partial charge in [0.1, 0.15) is 0 Å². The first-order valence-corrected chi connectivity index (χ1v) is 9.68. The molecule has 1 saturated carbocycles. The zero-order valence-electron chi connectivity index (χ0n) is 14.4. The number of sulfonamides is 1. The Hall–Kier alpha value is -1.93. The van der Waals surface area contributed by atoms with Crippen molar-refractivity contribution in [3.63, 3.8) is 0 Å². The van der Waals surface area contributed by atoms with Crippen LogP contribution in [0.3, 0.4) is 0 Å². The molecule has 0 aromatic heterocycles. The van der Waals surface area contributed by atoms with E-state index >= 15 is 0 Å². The molecule has 1 fully saturated rings. The molecular formula is C17H24N2O5S. The highest BCUT2D eigenvalue weighted by molar-refractivity contribution is 7.89. The largest absolute Gasteiger partial charge is 0.481 e. The van der Waals surface area contributed by atoms with E-state index in [1.54, 1.807) is 12.1 Å². The lowest BCUT2D eigenvalue weighted by Crippen LogP contribution is -2.35. The number of aliphatic carboxylic acids is 1. The van der Waals surface area contributed by atoms with Crippen LogP contribution in [-0.4, -0.2) is 43.8 Å². The van der Waals surface area contributed by atoms with Crippen LogP contribution >= 0.6 is 0 Å². The smallest absolute Gasteiger partial charge is 0.306 e. The third-order valence-corrected chi connectivity index (χ3v) is 6.39. The molecule has 7 nitrogen and oxygen atoms in total. The SMILES string of the molecule is CN(C)S(=O)(=O)c1ccc(CNC(=O)C2CCCC(C(=O)O)C2)cc1. The van der Waals surface area contributed by atoms with Crippen LogP contribution < -0.4 is 5.32 Å². The van der Waals surface area contributed by atoms with Crippen LogP contribution in [0.25, 0.3) is 0 Å². The van der Waals surface area contributed by atoms with Crippen molar-refractivity contribution in [3.05, 3.63) is 29.8 Å². The highest BCUT2D eigenvalue weighted by Gasteiger charge is 2.30. The molecule has 1 aromatic carbocycles. The standard InChI is InChI=1S/C17H24N2O5S/c1-19(2)25(23,24)15-8-6-12(7-9-15)11-18-16(20)13-4-3-5-14(10-13)17(21)22/h6-9,13-14H,3-5,10-11H2,1-2H3,(H,18,20)(H,21,22). The van der Waals surface area contributed by atoms with E-state index in [1.165, 1.54) is 26.2 Å². The van der Waals surface area contributed by atoms with Crippen LogP contribution in [0.5, 0.6) is 0 Å². The van der Waals surface area contributed by atoms with Gasteiger partial charge in [-0.3, -0.25) is 9.59 Å². The van der Waals surface area contributed by atoms with Gasteiger partial charge in [0.25, 0.3) is 0 Å². The number of hydrogen-bond donors (Lipinski definition) is 2. The van der Waals surface area contributed by atoms with Crippen molar-refractivity contribution in [1.82, 2.24) is 9.62 Å². The first kappa shape index (κ1) is 19.4. The monoisotopic (exact) mass is 368 g/mol. The zero-order valence-corrected chi connectivity index (χ0v) is 15.3. The molecule has 0 bridgehead atoms. The summed E-state index contributed by atoms with van der Waals surface area (Å²) >= 11 is 0. The molecule has 0 aliphatic heterocycles. The summed E-state index contributed by atoms with van der Waals surface area (Å²) in [5.74, 6) is -1.70. The van der Waals surface area contributed by atoms with E-state index in [2.05, 4.69) is 5.32 Å². The van der Waals surface area contributed by atoms with Gasteiger partial charge >= 0.3 is 5.97 Å². The lowest BCUT2D eigenvalue weighted by Gasteiger charge is -2.25. The fraction of sp³-hybridized carbons (Fsp3) is 0.529. The van der Waals surface area contributed by atoms with E-state index in [9.17, 15) is 18.0 Å². The molecule has 1 amide bonds. The summed E-state index contributed by atoms with van der Waals surface area (Å²) in [5.41, 5.74) is 0.789. The van der Waals surface area contributed by atoms with E-state index in [1.807, 2.05) is 0 Å². The van der Waals surface area contributed by atoms with E-state index in [0.29, 0.717) is 19.3 Å². The van der Waals surface area contributed by atoms with Crippen LogP contribution in [0, 0.1) is 11.8 Å². The molecule has 2 atom stereocenters. The van der Waals surface area contributed by atoms with Gasteiger partial charge in [-0.15, -0.1) is 0 Å². The van der Waals surface area contributed by atoms with Gasteiger partial charge in [0.15, 0.2) is 0 Å². The maximum Gasteiger partial charge on any atom is 0.306 e. The average Bonchev–Trinajstić information content (AvgIpc) is 2.60. The van der Waals surface area contributed by atoms with Crippen molar-refractivity contribution in [2.75, 3.05) is 14.1 Å². The van der Waals surface area contributed by atoms with Gasteiger partial charge in [0.05, 0.1) is 10.8 Å². The minimum absolute atomic E-state index is 0.143. The first-order valence-electron chi connectivity index (χ1n) is 8.24. The Morgan fingerprint density at radius 1 is 1.16 bits per heavy atom. The Morgan fingerprint density at radius 2 is 1.76 bits per heavy atom. The maximum absolute atomic E-state index is 12.2. The van der Waals surface area contributed by atoms with Crippen molar-refractivity contribution in [1.29, 1.82) is 0 Å². The molecular weight excluding hydrogens is 344 g/mol. The number of rotatable bonds is 6.